The summed E-state index contributed by atoms with van der Waals surface area (Å²) < 4.78 is 0. The molecule has 18 heavy (non-hydrogen) atoms. The number of hydrogen-bond donors (Lipinski definition) is 3. The number of carboxylic acid groups (broad SMARTS) is 1. The first-order valence-electron chi connectivity index (χ1n) is 5.34. The van der Waals surface area contributed by atoms with Crippen molar-refractivity contribution in [3.05, 3.63) is 34.9 Å². The van der Waals surface area contributed by atoms with Crippen LogP contribution in [0, 0.1) is 6.92 Å². The molecule has 0 bridgehead atoms. The second-order valence-electron chi connectivity index (χ2n) is 4.03. The highest BCUT2D eigenvalue weighted by Crippen LogP contribution is 2.24. The third-order valence-corrected chi connectivity index (χ3v) is 2.63. The molecule has 0 spiro atoms. The van der Waals surface area contributed by atoms with Gasteiger partial charge in [-0.15, -0.1) is 0 Å². The Morgan fingerprint density at radius 3 is 2.28 bits per heavy atom. The van der Waals surface area contributed by atoms with E-state index in [9.17, 15) is 14.7 Å². The van der Waals surface area contributed by atoms with Crippen LogP contribution in [0.1, 0.15) is 19.4 Å². The number of carbonyl (C=O) groups is 2. The van der Waals surface area contributed by atoms with Crippen LogP contribution in [0.3, 0.4) is 0 Å². The molecule has 1 aromatic rings. The van der Waals surface area contributed by atoms with E-state index in [1.807, 2.05) is 6.92 Å². The van der Waals surface area contributed by atoms with E-state index < -0.39 is 11.9 Å². The maximum atomic E-state index is 11.8. The quantitative estimate of drug-likeness (QED) is 0.565. The molecule has 96 valence electrons. The summed E-state index contributed by atoms with van der Waals surface area (Å²) in [5.74, 6) is -1.74. The van der Waals surface area contributed by atoms with E-state index in [1.54, 1.807) is 12.1 Å². The minimum atomic E-state index is -1.14. The van der Waals surface area contributed by atoms with Crippen LogP contribution in [0.5, 0.6) is 5.75 Å². The lowest BCUT2D eigenvalue weighted by Gasteiger charge is -2.09. The molecule has 0 saturated heterocycles. The first kappa shape index (κ1) is 13.8. The summed E-state index contributed by atoms with van der Waals surface area (Å²) in [6.45, 7) is 4.58. The molecule has 0 aliphatic rings. The van der Waals surface area contributed by atoms with Crippen molar-refractivity contribution in [3.63, 3.8) is 0 Å². The number of aryl methyl sites for hydroxylation is 1. The lowest BCUT2D eigenvalue weighted by molar-refractivity contribution is -0.133. The smallest absolute Gasteiger partial charge is 0.331 e. The Labute approximate surface area is 105 Å². The number of carbonyl (C=O) groups excluding carboxylic acids is 1. The normalized spacial score (nSPS) is 11.7. The molecule has 0 aromatic heterocycles. The fourth-order valence-corrected chi connectivity index (χ4v) is 1.29. The highest BCUT2D eigenvalue weighted by Gasteiger charge is 2.14. The van der Waals surface area contributed by atoms with Crippen molar-refractivity contribution in [2.24, 2.45) is 0 Å². The topological polar surface area (TPSA) is 86.6 Å². The minimum Gasteiger partial charge on any atom is -0.506 e. The largest absolute Gasteiger partial charge is 0.506 e. The van der Waals surface area contributed by atoms with Crippen molar-refractivity contribution in [1.29, 1.82) is 0 Å². The molecule has 0 aliphatic heterocycles. The number of hydrogen-bond acceptors (Lipinski definition) is 3. The van der Waals surface area contributed by atoms with E-state index in [-0.39, 0.29) is 22.6 Å². The molecular weight excluding hydrogens is 234 g/mol. The van der Waals surface area contributed by atoms with Crippen LogP contribution in [0.25, 0.3) is 0 Å². The molecule has 1 rings (SSSR count). The van der Waals surface area contributed by atoms with Gasteiger partial charge in [0.15, 0.2) is 0 Å². The number of nitrogens with one attached hydrogen (secondary N) is 1. The summed E-state index contributed by atoms with van der Waals surface area (Å²) in [5.41, 5.74) is 1.18. The third-order valence-electron chi connectivity index (χ3n) is 2.63. The van der Waals surface area contributed by atoms with Gasteiger partial charge in [0.25, 0.3) is 5.91 Å². The van der Waals surface area contributed by atoms with Crippen molar-refractivity contribution in [3.8, 4) is 5.75 Å². The number of phenolic OH excluding ortho intramolecular Hbond substituents is 1. The number of phenols is 1. The second-order valence-corrected chi connectivity index (χ2v) is 4.03. The first-order chi connectivity index (χ1) is 8.32. The Morgan fingerprint density at radius 1 is 1.17 bits per heavy atom. The van der Waals surface area contributed by atoms with Crippen LogP contribution >= 0.6 is 0 Å². The molecule has 0 unspecified atom stereocenters. The van der Waals surface area contributed by atoms with Crippen molar-refractivity contribution in [1.82, 2.24) is 0 Å². The van der Waals surface area contributed by atoms with E-state index in [0.717, 1.165) is 5.56 Å². The van der Waals surface area contributed by atoms with Gasteiger partial charge in [0.1, 0.15) is 5.75 Å². The average molecular weight is 249 g/mol. The van der Waals surface area contributed by atoms with Gasteiger partial charge in [-0.2, -0.15) is 0 Å². The Kier molecular flexibility index (Phi) is 4.09. The number of aliphatic carboxylic acids is 1. The van der Waals surface area contributed by atoms with Crippen LogP contribution < -0.4 is 5.32 Å². The molecule has 0 aliphatic carbocycles. The summed E-state index contributed by atoms with van der Waals surface area (Å²) in [5, 5.41) is 20.9. The number of anilines is 1. The molecule has 5 heteroatoms. The van der Waals surface area contributed by atoms with Gasteiger partial charge >= 0.3 is 5.97 Å². The number of carboxylic acids is 1. The molecule has 1 amide bonds. The van der Waals surface area contributed by atoms with Crippen LogP contribution in [-0.4, -0.2) is 22.1 Å². The maximum absolute atomic E-state index is 11.8. The molecule has 0 radical (unpaired) electrons. The standard InChI is InChI=1S/C13H15NO4/c1-7-4-5-10(11(15)6-7)14-12(16)8(2)9(3)13(17)18/h4-6,15H,1-3H3,(H,14,16)(H,17,18)/b9-8-. The highest BCUT2D eigenvalue weighted by molar-refractivity contribution is 6.08. The zero-order valence-electron chi connectivity index (χ0n) is 10.4. The van der Waals surface area contributed by atoms with E-state index in [2.05, 4.69) is 5.32 Å². The zero-order chi connectivity index (χ0) is 13.9. The fourth-order valence-electron chi connectivity index (χ4n) is 1.29. The lowest BCUT2D eigenvalue weighted by Crippen LogP contribution is -2.16. The zero-order valence-corrected chi connectivity index (χ0v) is 10.4. The Morgan fingerprint density at radius 2 is 1.78 bits per heavy atom. The van der Waals surface area contributed by atoms with Crippen LogP contribution in [-0.2, 0) is 9.59 Å². The molecule has 0 atom stereocenters. The van der Waals surface area contributed by atoms with Gasteiger partial charge in [-0.05, 0) is 38.5 Å². The minimum absolute atomic E-state index is 0.0286. The van der Waals surface area contributed by atoms with E-state index in [1.165, 1.54) is 19.9 Å². The van der Waals surface area contributed by atoms with E-state index >= 15 is 0 Å². The van der Waals surface area contributed by atoms with Gasteiger partial charge in [0.05, 0.1) is 5.69 Å². The second kappa shape index (κ2) is 5.35. The van der Waals surface area contributed by atoms with Gasteiger partial charge in [-0.25, -0.2) is 4.79 Å². The molecule has 1 aromatic carbocycles. The Hall–Kier alpha value is -2.30. The van der Waals surface area contributed by atoms with Crippen LogP contribution in [0.2, 0.25) is 0 Å². The van der Waals surface area contributed by atoms with Crippen LogP contribution in [0.15, 0.2) is 29.3 Å². The van der Waals surface area contributed by atoms with Crippen molar-refractivity contribution in [2.45, 2.75) is 20.8 Å². The number of rotatable bonds is 3. The Balaban J connectivity index is 2.95. The molecule has 5 nitrogen and oxygen atoms in total. The first-order valence-corrected chi connectivity index (χ1v) is 5.34. The number of benzene rings is 1. The van der Waals surface area contributed by atoms with Crippen LogP contribution in [0.4, 0.5) is 5.69 Å². The average Bonchev–Trinajstić information content (AvgIpc) is 2.30. The van der Waals surface area contributed by atoms with Crippen molar-refractivity contribution < 1.29 is 19.8 Å². The third kappa shape index (κ3) is 3.10. The molecule has 0 saturated carbocycles. The predicted octanol–water partition coefficient (Wildman–Crippen LogP) is 2.06. The fraction of sp³-hybridized carbons (Fsp3) is 0.231. The lowest BCUT2D eigenvalue weighted by atomic mass is 10.1. The Bertz CT molecular complexity index is 532. The van der Waals surface area contributed by atoms with Crippen molar-refractivity contribution in [2.75, 3.05) is 5.32 Å². The SMILES string of the molecule is C/C(C(=O)O)=C(\C)C(=O)Nc1ccc(C)cc1O. The number of amides is 1. The summed E-state index contributed by atoms with van der Waals surface area (Å²) in [7, 11) is 0. The van der Waals surface area contributed by atoms with E-state index in [4.69, 9.17) is 5.11 Å². The van der Waals surface area contributed by atoms with Gasteiger partial charge < -0.3 is 15.5 Å². The molecule has 0 heterocycles. The van der Waals surface area contributed by atoms with Gasteiger partial charge in [0, 0.05) is 11.1 Å². The highest BCUT2D eigenvalue weighted by atomic mass is 16.4. The molecule has 0 fully saturated rings. The number of aromatic hydroxyl groups is 1. The summed E-state index contributed by atoms with van der Waals surface area (Å²) in [4.78, 5) is 22.5. The van der Waals surface area contributed by atoms with Crippen molar-refractivity contribution >= 4 is 17.6 Å². The predicted molar refractivity (Wildman–Crippen MR) is 67.5 cm³/mol. The molecule has 3 N–H and O–H groups in total. The summed E-state index contributed by atoms with van der Waals surface area (Å²) in [6, 6.07) is 4.81. The van der Waals surface area contributed by atoms with Gasteiger partial charge in [0.2, 0.25) is 0 Å². The van der Waals surface area contributed by atoms with Gasteiger partial charge in [-0.1, -0.05) is 6.07 Å². The summed E-state index contributed by atoms with van der Waals surface area (Å²) in [6.07, 6.45) is 0. The maximum Gasteiger partial charge on any atom is 0.331 e. The molecular formula is C13H15NO4. The monoisotopic (exact) mass is 249 g/mol. The summed E-state index contributed by atoms with van der Waals surface area (Å²) >= 11 is 0. The van der Waals surface area contributed by atoms with Gasteiger partial charge in [-0.3, -0.25) is 4.79 Å². The van der Waals surface area contributed by atoms with E-state index in [0.29, 0.717) is 0 Å².